The molecule has 4 nitrogen and oxygen atoms in total. The zero-order valence-electron chi connectivity index (χ0n) is 11.1. The van der Waals surface area contributed by atoms with Crippen molar-refractivity contribution in [3.63, 3.8) is 0 Å². The number of rotatable bonds is 3. The molecule has 0 saturated carbocycles. The van der Waals surface area contributed by atoms with E-state index >= 15 is 0 Å². The van der Waals surface area contributed by atoms with Crippen LogP contribution in [0.2, 0.25) is 0 Å². The van der Waals surface area contributed by atoms with Crippen LogP contribution in [0, 0.1) is 11.3 Å². The predicted molar refractivity (Wildman–Crippen MR) is 88.3 cm³/mol. The third-order valence-electron chi connectivity index (χ3n) is 2.96. The zero-order valence-corrected chi connectivity index (χ0v) is 13.5. The second kappa shape index (κ2) is 5.72. The first-order chi connectivity index (χ1) is 10.2. The van der Waals surface area contributed by atoms with Gasteiger partial charge in [0.2, 0.25) is 0 Å². The second-order valence-corrected chi connectivity index (χ2v) is 6.14. The summed E-state index contributed by atoms with van der Waals surface area (Å²) in [6.45, 7) is 0. The summed E-state index contributed by atoms with van der Waals surface area (Å²) in [4.78, 5) is 4.52. The van der Waals surface area contributed by atoms with Crippen molar-refractivity contribution in [1.29, 1.82) is 5.26 Å². The molecule has 0 atom stereocenters. The Morgan fingerprint density at radius 2 is 2.19 bits per heavy atom. The summed E-state index contributed by atoms with van der Waals surface area (Å²) in [6.07, 6.45) is 0. The highest BCUT2D eigenvalue weighted by atomic mass is 79.9. The van der Waals surface area contributed by atoms with Crippen molar-refractivity contribution in [2.45, 2.75) is 0 Å². The first-order valence-electron chi connectivity index (χ1n) is 6.11. The lowest BCUT2D eigenvalue weighted by atomic mass is 10.2. The molecule has 0 aliphatic carbocycles. The van der Waals surface area contributed by atoms with E-state index in [1.165, 1.54) is 11.3 Å². The Morgan fingerprint density at radius 3 is 2.95 bits per heavy atom. The number of nitrogens with one attached hydrogen (secondary N) is 1. The van der Waals surface area contributed by atoms with Gasteiger partial charge >= 0.3 is 0 Å². The van der Waals surface area contributed by atoms with Gasteiger partial charge in [0.1, 0.15) is 11.8 Å². The molecule has 0 spiro atoms. The predicted octanol–water partition coefficient (Wildman–Crippen LogP) is 4.68. The van der Waals surface area contributed by atoms with Gasteiger partial charge < -0.3 is 10.1 Å². The largest absolute Gasteiger partial charge is 0.497 e. The van der Waals surface area contributed by atoms with Gasteiger partial charge in [-0.05, 0) is 46.3 Å². The Hall–Kier alpha value is -2.10. The molecule has 0 radical (unpaired) electrons. The van der Waals surface area contributed by atoms with Crippen molar-refractivity contribution < 1.29 is 4.74 Å². The summed E-state index contributed by atoms with van der Waals surface area (Å²) in [5.41, 5.74) is 2.20. The lowest BCUT2D eigenvalue weighted by Gasteiger charge is -2.05. The van der Waals surface area contributed by atoms with Gasteiger partial charge in [-0.25, -0.2) is 4.98 Å². The van der Waals surface area contributed by atoms with Crippen LogP contribution in [0.5, 0.6) is 5.75 Å². The molecular formula is C15H10BrN3OS. The first kappa shape index (κ1) is 13.9. The van der Waals surface area contributed by atoms with E-state index < -0.39 is 0 Å². The van der Waals surface area contributed by atoms with Gasteiger partial charge in [0.25, 0.3) is 0 Å². The van der Waals surface area contributed by atoms with Crippen LogP contribution >= 0.6 is 27.3 Å². The van der Waals surface area contributed by atoms with Crippen LogP contribution in [0.25, 0.3) is 10.2 Å². The van der Waals surface area contributed by atoms with E-state index in [0.717, 1.165) is 31.3 Å². The SMILES string of the molecule is COc1ccc2nc(Nc3cccc(Br)c3C#N)sc2c1. The number of methoxy groups -OCH3 is 1. The Kier molecular flexibility index (Phi) is 3.78. The number of thiazole rings is 1. The number of nitriles is 1. The molecule has 0 saturated heterocycles. The maximum Gasteiger partial charge on any atom is 0.188 e. The van der Waals surface area contributed by atoms with Crippen molar-refractivity contribution in [1.82, 2.24) is 4.98 Å². The highest BCUT2D eigenvalue weighted by Crippen LogP contribution is 2.33. The monoisotopic (exact) mass is 359 g/mol. The van der Waals surface area contributed by atoms with Crippen molar-refractivity contribution in [2.75, 3.05) is 12.4 Å². The fourth-order valence-electron chi connectivity index (χ4n) is 1.94. The average Bonchev–Trinajstić information content (AvgIpc) is 2.88. The molecular weight excluding hydrogens is 350 g/mol. The number of nitrogens with zero attached hydrogens (tertiary/aromatic N) is 2. The Labute approximate surface area is 134 Å². The van der Waals surface area contributed by atoms with Crippen LogP contribution in [0.1, 0.15) is 5.56 Å². The summed E-state index contributed by atoms with van der Waals surface area (Å²) >= 11 is 4.90. The number of hydrogen-bond acceptors (Lipinski definition) is 5. The third-order valence-corrected chi connectivity index (χ3v) is 4.56. The average molecular weight is 360 g/mol. The molecule has 1 heterocycles. The number of benzene rings is 2. The minimum Gasteiger partial charge on any atom is -0.497 e. The summed E-state index contributed by atoms with van der Waals surface area (Å²) < 4.78 is 7.01. The second-order valence-electron chi connectivity index (χ2n) is 4.25. The van der Waals surface area contributed by atoms with Gasteiger partial charge in [0, 0.05) is 4.47 Å². The molecule has 2 aromatic carbocycles. The van der Waals surface area contributed by atoms with Gasteiger partial charge in [-0.3, -0.25) is 0 Å². The smallest absolute Gasteiger partial charge is 0.188 e. The molecule has 0 fully saturated rings. The minimum atomic E-state index is 0.564. The number of ether oxygens (including phenoxy) is 1. The fraction of sp³-hybridized carbons (Fsp3) is 0.0667. The van der Waals surface area contributed by atoms with Crippen molar-refractivity contribution in [3.8, 4) is 11.8 Å². The van der Waals surface area contributed by atoms with Crippen LogP contribution < -0.4 is 10.1 Å². The third kappa shape index (κ3) is 2.71. The Morgan fingerprint density at radius 1 is 1.33 bits per heavy atom. The number of hydrogen-bond donors (Lipinski definition) is 1. The van der Waals surface area contributed by atoms with Gasteiger partial charge in [-0.2, -0.15) is 5.26 Å². The molecule has 3 rings (SSSR count). The number of anilines is 2. The summed E-state index contributed by atoms with van der Waals surface area (Å²) in [5.74, 6) is 0.804. The molecule has 0 bridgehead atoms. The van der Waals surface area contributed by atoms with E-state index in [0.29, 0.717) is 5.56 Å². The Balaban J connectivity index is 1.99. The van der Waals surface area contributed by atoms with Gasteiger partial charge in [-0.15, -0.1) is 0 Å². The lowest BCUT2D eigenvalue weighted by Crippen LogP contribution is -1.93. The number of halogens is 1. The highest BCUT2D eigenvalue weighted by Gasteiger charge is 2.09. The summed E-state index contributed by atoms with van der Waals surface area (Å²) in [5, 5.41) is 13.2. The van der Waals surface area contributed by atoms with E-state index in [-0.39, 0.29) is 0 Å². The van der Waals surface area contributed by atoms with Crippen molar-refractivity contribution >= 4 is 48.3 Å². The quantitative estimate of drug-likeness (QED) is 0.737. The number of fused-ring (bicyclic) bond motifs is 1. The van der Waals surface area contributed by atoms with Crippen LogP contribution in [-0.2, 0) is 0 Å². The number of aromatic nitrogens is 1. The lowest BCUT2D eigenvalue weighted by molar-refractivity contribution is 0.415. The van der Waals surface area contributed by atoms with Gasteiger partial charge in [0.15, 0.2) is 5.13 Å². The standard InChI is InChI=1S/C15H10BrN3OS/c1-20-9-5-6-13-14(7-9)21-15(19-13)18-12-4-2-3-11(16)10(12)8-17/h2-7H,1H3,(H,18,19). The molecule has 0 unspecified atom stereocenters. The van der Waals surface area contributed by atoms with E-state index in [1.54, 1.807) is 7.11 Å². The van der Waals surface area contributed by atoms with Crippen LogP contribution in [0.3, 0.4) is 0 Å². The first-order valence-corrected chi connectivity index (χ1v) is 7.72. The van der Waals surface area contributed by atoms with Crippen molar-refractivity contribution in [3.05, 3.63) is 46.4 Å². The van der Waals surface area contributed by atoms with Gasteiger partial charge in [0.05, 0.1) is 28.6 Å². The van der Waals surface area contributed by atoms with E-state index in [9.17, 15) is 5.26 Å². The van der Waals surface area contributed by atoms with E-state index in [4.69, 9.17) is 4.74 Å². The van der Waals surface area contributed by atoms with E-state index in [1.807, 2.05) is 36.4 Å². The van der Waals surface area contributed by atoms with Crippen LogP contribution in [0.4, 0.5) is 10.8 Å². The highest BCUT2D eigenvalue weighted by molar-refractivity contribution is 9.10. The molecule has 0 aliphatic heterocycles. The molecule has 21 heavy (non-hydrogen) atoms. The zero-order chi connectivity index (χ0) is 14.8. The maximum atomic E-state index is 9.23. The molecule has 1 aromatic heterocycles. The summed E-state index contributed by atoms with van der Waals surface area (Å²) in [7, 11) is 1.64. The molecule has 104 valence electrons. The topological polar surface area (TPSA) is 57.9 Å². The maximum absolute atomic E-state index is 9.23. The van der Waals surface area contributed by atoms with Crippen LogP contribution in [-0.4, -0.2) is 12.1 Å². The fourth-order valence-corrected chi connectivity index (χ4v) is 3.30. The Bertz CT molecular complexity index is 854. The molecule has 1 N–H and O–H groups in total. The molecule has 3 aromatic rings. The minimum absolute atomic E-state index is 0.564. The normalized spacial score (nSPS) is 10.3. The van der Waals surface area contributed by atoms with Crippen LogP contribution in [0.15, 0.2) is 40.9 Å². The molecule has 0 amide bonds. The molecule has 0 aliphatic rings. The van der Waals surface area contributed by atoms with Gasteiger partial charge in [-0.1, -0.05) is 17.4 Å². The summed E-state index contributed by atoms with van der Waals surface area (Å²) in [6, 6.07) is 13.5. The van der Waals surface area contributed by atoms with Crippen molar-refractivity contribution in [2.24, 2.45) is 0 Å². The van der Waals surface area contributed by atoms with E-state index in [2.05, 4.69) is 32.3 Å². The molecule has 6 heteroatoms.